The van der Waals surface area contributed by atoms with Crippen molar-refractivity contribution in [2.45, 2.75) is 32.2 Å². The van der Waals surface area contributed by atoms with Gasteiger partial charge in [-0.15, -0.1) is 0 Å². The van der Waals surface area contributed by atoms with E-state index >= 15 is 0 Å². The van der Waals surface area contributed by atoms with Crippen molar-refractivity contribution in [1.29, 1.82) is 0 Å². The summed E-state index contributed by atoms with van der Waals surface area (Å²) in [5.74, 6) is 0.394. The number of para-hydroxylation sites is 1. The first-order chi connectivity index (χ1) is 18.3. The Morgan fingerprint density at radius 2 is 1.47 bits per heavy atom. The van der Waals surface area contributed by atoms with Crippen LogP contribution in [0.1, 0.15) is 32.6 Å². The van der Waals surface area contributed by atoms with E-state index in [1.807, 2.05) is 69.3 Å². The summed E-state index contributed by atoms with van der Waals surface area (Å²) in [5, 5.41) is 2.87. The van der Waals surface area contributed by atoms with Crippen LogP contribution in [0.2, 0.25) is 0 Å². The molecule has 1 N–H and O–H groups in total. The summed E-state index contributed by atoms with van der Waals surface area (Å²) >= 11 is 0. The number of carbonyl (C=O) groups is 1. The summed E-state index contributed by atoms with van der Waals surface area (Å²) in [5.41, 5.74) is 4.52. The molecule has 4 aromatic rings. The number of anilines is 1. The second kappa shape index (κ2) is 12.0. The van der Waals surface area contributed by atoms with Crippen LogP contribution < -0.4 is 14.4 Å². The van der Waals surface area contributed by atoms with E-state index in [0.29, 0.717) is 5.69 Å². The van der Waals surface area contributed by atoms with Crippen molar-refractivity contribution in [3.05, 3.63) is 125 Å². The molecule has 7 heteroatoms. The van der Waals surface area contributed by atoms with Gasteiger partial charge in [0, 0.05) is 0 Å². The lowest BCUT2D eigenvalue weighted by molar-refractivity contribution is 0.0947. The number of hydrogen-bond donors (Lipinski definition) is 1. The zero-order valence-corrected chi connectivity index (χ0v) is 22.7. The number of aryl methyl sites for hydroxylation is 3. The van der Waals surface area contributed by atoms with Gasteiger partial charge in [-0.2, -0.15) is 0 Å². The lowest BCUT2D eigenvalue weighted by atomic mass is 10.1. The average Bonchev–Trinajstić information content (AvgIpc) is 2.91. The number of sulfonamides is 1. The van der Waals surface area contributed by atoms with Crippen molar-refractivity contribution in [1.82, 2.24) is 5.32 Å². The quantitative estimate of drug-likeness (QED) is 0.263. The highest BCUT2D eigenvalue weighted by Crippen LogP contribution is 2.29. The highest BCUT2D eigenvalue weighted by molar-refractivity contribution is 7.92. The summed E-state index contributed by atoms with van der Waals surface area (Å²) in [6.07, 6.45) is 0. The summed E-state index contributed by atoms with van der Waals surface area (Å²) in [6.45, 7) is 6.54. The van der Waals surface area contributed by atoms with Gasteiger partial charge in [-0.1, -0.05) is 77.9 Å². The van der Waals surface area contributed by atoms with Gasteiger partial charge < -0.3 is 10.1 Å². The van der Waals surface area contributed by atoms with Gasteiger partial charge in [0.25, 0.3) is 15.9 Å². The third-order valence-electron chi connectivity index (χ3n) is 6.17. The van der Waals surface area contributed by atoms with Crippen LogP contribution in [0.15, 0.2) is 102 Å². The van der Waals surface area contributed by atoms with E-state index in [1.54, 1.807) is 48.5 Å². The van der Waals surface area contributed by atoms with E-state index in [-0.39, 0.29) is 36.1 Å². The maximum Gasteiger partial charge on any atom is 0.264 e. The topological polar surface area (TPSA) is 75.7 Å². The van der Waals surface area contributed by atoms with Crippen molar-refractivity contribution in [2.24, 2.45) is 0 Å². The molecule has 196 valence electrons. The van der Waals surface area contributed by atoms with Crippen LogP contribution in [0, 0.1) is 20.8 Å². The number of carbonyl (C=O) groups excluding carboxylic acids is 1. The Bertz CT molecular complexity index is 1500. The normalized spacial score (nSPS) is 11.1. The van der Waals surface area contributed by atoms with Crippen molar-refractivity contribution >= 4 is 21.6 Å². The van der Waals surface area contributed by atoms with Crippen molar-refractivity contribution < 1.29 is 17.9 Å². The Balaban J connectivity index is 1.58. The van der Waals surface area contributed by atoms with Crippen LogP contribution in [-0.4, -0.2) is 27.5 Å². The molecule has 1 amide bonds. The molecule has 0 unspecified atom stereocenters. The average molecular weight is 529 g/mol. The molecular weight excluding hydrogens is 496 g/mol. The van der Waals surface area contributed by atoms with Gasteiger partial charge >= 0.3 is 0 Å². The van der Waals surface area contributed by atoms with Crippen molar-refractivity contribution in [2.75, 3.05) is 17.5 Å². The number of ether oxygens (including phenoxy) is 1. The summed E-state index contributed by atoms with van der Waals surface area (Å²) in [6, 6.07) is 28.7. The van der Waals surface area contributed by atoms with Crippen molar-refractivity contribution in [3.63, 3.8) is 0 Å². The molecule has 4 aromatic carbocycles. The molecule has 0 aliphatic carbocycles. The molecule has 6 nitrogen and oxygen atoms in total. The van der Waals surface area contributed by atoms with Gasteiger partial charge in [-0.25, -0.2) is 8.42 Å². The van der Waals surface area contributed by atoms with Crippen LogP contribution in [0.5, 0.6) is 5.75 Å². The standard InChI is InChI=1S/C31H32N2O4S/c1-23-13-16-27(17-14-23)38(35,36)33(22-26-9-5-4-6-10-26)29-12-8-7-11-28(29)31(34)32-19-20-37-30-18-15-24(2)21-25(30)3/h4-18,21H,19-20,22H2,1-3H3,(H,32,34). The molecule has 0 heterocycles. The number of benzene rings is 4. The Kier molecular flexibility index (Phi) is 8.48. The van der Waals surface area contributed by atoms with Gasteiger partial charge in [0.1, 0.15) is 12.4 Å². The first kappa shape index (κ1) is 26.9. The second-order valence-corrected chi connectivity index (χ2v) is 11.1. The minimum atomic E-state index is -3.97. The van der Waals surface area contributed by atoms with Gasteiger partial charge in [0.15, 0.2) is 0 Å². The molecule has 0 aliphatic rings. The lowest BCUT2D eigenvalue weighted by Gasteiger charge is -2.26. The Morgan fingerprint density at radius 1 is 0.816 bits per heavy atom. The lowest BCUT2D eigenvalue weighted by Crippen LogP contribution is -2.34. The van der Waals surface area contributed by atoms with Crippen LogP contribution >= 0.6 is 0 Å². The molecule has 0 radical (unpaired) electrons. The van der Waals surface area contributed by atoms with E-state index in [2.05, 4.69) is 5.32 Å². The third-order valence-corrected chi connectivity index (χ3v) is 7.94. The minimum absolute atomic E-state index is 0.0805. The fourth-order valence-corrected chi connectivity index (χ4v) is 5.62. The Morgan fingerprint density at radius 3 is 2.18 bits per heavy atom. The number of nitrogens with one attached hydrogen (secondary N) is 1. The molecule has 0 atom stereocenters. The Labute approximate surface area is 225 Å². The van der Waals surface area contributed by atoms with E-state index < -0.39 is 10.0 Å². The fraction of sp³-hybridized carbons (Fsp3) is 0.194. The van der Waals surface area contributed by atoms with Crippen LogP contribution in [-0.2, 0) is 16.6 Å². The van der Waals surface area contributed by atoms with Gasteiger partial charge in [0.05, 0.1) is 29.2 Å². The predicted octanol–water partition coefficient (Wildman–Crippen LogP) is 5.82. The highest BCUT2D eigenvalue weighted by atomic mass is 32.2. The zero-order valence-electron chi connectivity index (χ0n) is 21.8. The second-order valence-electron chi connectivity index (χ2n) is 9.20. The third kappa shape index (κ3) is 6.42. The van der Waals surface area contributed by atoms with Gasteiger partial charge in [-0.05, 0) is 62.2 Å². The number of rotatable bonds is 10. The van der Waals surface area contributed by atoms with E-state index in [4.69, 9.17) is 4.74 Å². The first-order valence-electron chi connectivity index (χ1n) is 12.5. The molecule has 0 aliphatic heterocycles. The SMILES string of the molecule is Cc1ccc(S(=O)(=O)N(Cc2ccccc2)c2ccccc2C(=O)NCCOc2ccc(C)cc2C)cc1. The summed E-state index contributed by atoms with van der Waals surface area (Å²) < 4.78 is 34.9. The Hall–Kier alpha value is -4.10. The number of hydrogen-bond acceptors (Lipinski definition) is 4. The first-order valence-corrected chi connectivity index (χ1v) is 13.9. The smallest absolute Gasteiger partial charge is 0.264 e. The van der Waals surface area contributed by atoms with Crippen LogP contribution in [0.4, 0.5) is 5.69 Å². The maximum absolute atomic E-state index is 13.9. The fourth-order valence-electron chi connectivity index (χ4n) is 4.15. The maximum atomic E-state index is 13.9. The monoisotopic (exact) mass is 528 g/mol. The molecule has 0 aromatic heterocycles. The van der Waals surface area contributed by atoms with Crippen molar-refractivity contribution in [3.8, 4) is 5.75 Å². The molecule has 4 rings (SSSR count). The van der Waals surface area contributed by atoms with E-state index in [9.17, 15) is 13.2 Å². The molecular formula is C31H32N2O4S. The molecule has 0 saturated heterocycles. The largest absolute Gasteiger partial charge is 0.491 e. The molecule has 0 spiro atoms. The molecule has 38 heavy (non-hydrogen) atoms. The number of nitrogens with zero attached hydrogens (tertiary/aromatic N) is 1. The number of amides is 1. The molecule has 0 saturated carbocycles. The van der Waals surface area contributed by atoms with Gasteiger partial charge in [-0.3, -0.25) is 9.10 Å². The molecule has 0 bridgehead atoms. The van der Waals surface area contributed by atoms with Crippen LogP contribution in [0.25, 0.3) is 0 Å². The molecule has 0 fully saturated rings. The van der Waals surface area contributed by atoms with Gasteiger partial charge in [0.2, 0.25) is 0 Å². The van der Waals surface area contributed by atoms with Crippen LogP contribution in [0.3, 0.4) is 0 Å². The highest BCUT2D eigenvalue weighted by Gasteiger charge is 2.28. The summed E-state index contributed by atoms with van der Waals surface area (Å²) in [7, 11) is -3.97. The zero-order chi connectivity index (χ0) is 27.1. The van der Waals surface area contributed by atoms with E-state index in [0.717, 1.165) is 28.0 Å². The van der Waals surface area contributed by atoms with E-state index in [1.165, 1.54) is 4.31 Å². The predicted molar refractivity (Wildman–Crippen MR) is 151 cm³/mol. The summed E-state index contributed by atoms with van der Waals surface area (Å²) in [4.78, 5) is 13.4. The minimum Gasteiger partial charge on any atom is -0.491 e.